The van der Waals surface area contributed by atoms with Crippen LogP contribution in [-0.2, 0) is 0 Å². The Labute approximate surface area is 159 Å². The molecule has 0 atom stereocenters. The Morgan fingerprint density at radius 1 is 0.520 bits per heavy atom. The lowest BCUT2D eigenvalue weighted by Gasteiger charge is -2.33. The maximum absolute atomic E-state index is 2.63. The van der Waals surface area contributed by atoms with Gasteiger partial charge in [-0.1, -0.05) is 91.4 Å². The van der Waals surface area contributed by atoms with Crippen LogP contribution >= 0.6 is 0 Å². The van der Waals surface area contributed by atoms with Gasteiger partial charge in [0.1, 0.15) is 6.17 Å². The van der Waals surface area contributed by atoms with Gasteiger partial charge in [0, 0.05) is 25.5 Å². The maximum atomic E-state index is 2.63. The Kier molecular flexibility index (Phi) is 14.0. The monoisotopic (exact) mass is 350 g/mol. The molecular formula is C23H46N2. The molecule has 0 amide bonds. The summed E-state index contributed by atoms with van der Waals surface area (Å²) in [6.45, 7) is 9.39. The highest BCUT2D eigenvalue weighted by Crippen LogP contribution is 2.23. The summed E-state index contributed by atoms with van der Waals surface area (Å²) in [6.07, 6.45) is 26.2. The Morgan fingerprint density at radius 2 is 0.920 bits per heavy atom. The first-order valence-electron chi connectivity index (χ1n) is 11.5. The van der Waals surface area contributed by atoms with Gasteiger partial charge in [-0.3, -0.25) is 0 Å². The van der Waals surface area contributed by atoms with Crippen LogP contribution in [0.25, 0.3) is 0 Å². The van der Waals surface area contributed by atoms with Crippen LogP contribution in [0.4, 0.5) is 0 Å². The fraction of sp³-hybridized carbons (Fsp3) is 0.913. The zero-order chi connectivity index (χ0) is 18.2. The van der Waals surface area contributed by atoms with Crippen molar-refractivity contribution in [3.05, 3.63) is 12.4 Å². The summed E-state index contributed by atoms with van der Waals surface area (Å²) in [6, 6.07) is 0. The second-order valence-corrected chi connectivity index (χ2v) is 7.93. The average molecular weight is 351 g/mol. The van der Waals surface area contributed by atoms with E-state index in [-0.39, 0.29) is 0 Å². The summed E-state index contributed by atoms with van der Waals surface area (Å²) in [5, 5.41) is 0. The second kappa shape index (κ2) is 15.6. The van der Waals surface area contributed by atoms with Crippen molar-refractivity contribution >= 4 is 0 Å². The van der Waals surface area contributed by atoms with E-state index >= 15 is 0 Å². The lowest BCUT2D eigenvalue weighted by molar-refractivity contribution is 0.136. The Balaban J connectivity index is 2.26. The van der Waals surface area contributed by atoms with E-state index in [1.54, 1.807) is 0 Å². The SMILES string of the molecule is CCCCCCCCCCC1N(CCCCC)C=CN1CCCCC. The predicted molar refractivity (Wildman–Crippen MR) is 113 cm³/mol. The molecule has 0 aromatic heterocycles. The number of hydrogen-bond donors (Lipinski definition) is 0. The molecule has 0 saturated carbocycles. The lowest BCUT2D eigenvalue weighted by Crippen LogP contribution is -2.39. The molecule has 148 valence electrons. The molecule has 1 heterocycles. The molecule has 1 aliphatic rings. The Hall–Kier alpha value is -0.660. The number of nitrogens with zero attached hydrogens (tertiary/aromatic N) is 2. The van der Waals surface area contributed by atoms with Crippen molar-refractivity contribution in [2.24, 2.45) is 0 Å². The van der Waals surface area contributed by atoms with Crippen molar-refractivity contribution in [2.75, 3.05) is 13.1 Å². The van der Waals surface area contributed by atoms with E-state index in [9.17, 15) is 0 Å². The van der Waals surface area contributed by atoms with Crippen molar-refractivity contribution < 1.29 is 0 Å². The number of hydrogen-bond acceptors (Lipinski definition) is 2. The first-order chi connectivity index (χ1) is 12.3. The van der Waals surface area contributed by atoms with Crippen LogP contribution in [0, 0.1) is 0 Å². The maximum Gasteiger partial charge on any atom is 0.101 e. The second-order valence-electron chi connectivity index (χ2n) is 7.93. The third-order valence-electron chi connectivity index (χ3n) is 5.57. The van der Waals surface area contributed by atoms with Crippen molar-refractivity contribution in [1.82, 2.24) is 9.80 Å². The standard InChI is InChI=1S/C23H46N2/c1-4-7-10-11-12-13-14-15-18-23-24(19-16-8-5-2)21-22-25(23)20-17-9-6-3/h21-23H,4-20H2,1-3H3. The van der Waals surface area contributed by atoms with Gasteiger partial charge in [0.05, 0.1) is 0 Å². The van der Waals surface area contributed by atoms with Gasteiger partial charge in [0.2, 0.25) is 0 Å². The minimum Gasteiger partial charge on any atom is -0.356 e. The molecule has 1 aliphatic heterocycles. The van der Waals surface area contributed by atoms with Gasteiger partial charge in [0.15, 0.2) is 0 Å². The average Bonchev–Trinajstić information content (AvgIpc) is 3.00. The largest absolute Gasteiger partial charge is 0.356 e. The molecule has 25 heavy (non-hydrogen) atoms. The highest BCUT2D eigenvalue weighted by atomic mass is 15.4. The fourth-order valence-corrected chi connectivity index (χ4v) is 3.89. The van der Waals surface area contributed by atoms with Crippen LogP contribution in [0.3, 0.4) is 0 Å². The fourth-order valence-electron chi connectivity index (χ4n) is 3.89. The van der Waals surface area contributed by atoms with Crippen LogP contribution < -0.4 is 0 Å². The van der Waals surface area contributed by atoms with Gasteiger partial charge in [-0.05, 0) is 25.7 Å². The Morgan fingerprint density at radius 3 is 1.40 bits per heavy atom. The first-order valence-corrected chi connectivity index (χ1v) is 11.5. The summed E-state index contributed by atoms with van der Waals surface area (Å²) in [4.78, 5) is 5.26. The van der Waals surface area contributed by atoms with Gasteiger partial charge in [-0.2, -0.15) is 0 Å². The molecule has 0 aromatic rings. The molecule has 0 aliphatic carbocycles. The smallest absolute Gasteiger partial charge is 0.101 e. The van der Waals surface area contributed by atoms with Gasteiger partial charge < -0.3 is 9.80 Å². The molecule has 0 bridgehead atoms. The van der Waals surface area contributed by atoms with E-state index in [1.165, 1.54) is 109 Å². The van der Waals surface area contributed by atoms with Crippen molar-refractivity contribution in [3.8, 4) is 0 Å². The summed E-state index contributed by atoms with van der Waals surface area (Å²) < 4.78 is 0. The quantitative estimate of drug-likeness (QED) is 0.254. The van der Waals surface area contributed by atoms with Crippen LogP contribution in [0.5, 0.6) is 0 Å². The minimum atomic E-state index is 0.647. The van der Waals surface area contributed by atoms with Gasteiger partial charge in [-0.15, -0.1) is 0 Å². The molecule has 0 unspecified atom stereocenters. The molecule has 2 heteroatoms. The normalized spacial score (nSPS) is 14.8. The topological polar surface area (TPSA) is 6.48 Å². The number of rotatable bonds is 17. The summed E-state index contributed by atoms with van der Waals surface area (Å²) >= 11 is 0. The van der Waals surface area contributed by atoms with Gasteiger partial charge in [0.25, 0.3) is 0 Å². The van der Waals surface area contributed by atoms with Crippen molar-refractivity contribution in [3.63, 3.8) is 0 Å². The van der Waals surface area contributed by atoms with Crippen molar-refractivity contribution in [2.45, 2.75) is 123 Å². The van der Waals surface area contributed by atoms with E-state index in [0.29, 0.717) is 6.17 Å². The van der Waals surface area contributed by atoms with Crippen molar-refractivity contribution in [1.29, 1.82) is 0 Å². The van der Waals surface area contributed by atoms with Crippen LogP contribution in [0.2, 0.25) is 0 Å². The van der Waals surface area contributed by atoms with Gasteiger partial charge in [-0.25, -0.2) is 0 Å². The zero-order valence-corrected chi connectivity index (χ0v) is 17.6. The lowest BCUT2D eigenvalue weighted by atomic mass is 10.1. The Bertz CT molecular complexity index is 293. The molecule has 0 saturated heterocycles. The van der Waals surface area contributed by atoms with Crippen LogP contribution in [0.15, 0.2) is 12.4 Å². The van der Waals surface area contributed by atoms with Gasteiger partial charge >= 0.3 is 0 Å². The zero-order valence-electron chi connectivity index (χ0n) is 17.6. The highest BCUT2D eigenvalue weighted by Gasteiger charge is 2.24. The highest BCUT2D eigenvalue weighted by molar-refractivity contribution is 4.96. The molecule has 0 aromatic carbocycles. The number of unbranched alkanes of at least 4 members (excludes halogenated alkanes) is 11. The predicted octanol–water partition coefficient (Wildman–Crippen LogP) is 7.31. The third kappa shape index (κ3) is 10.2. The minimum absolute atomic E-state index is 0.647. The summed E-state index contributed by atoms with van der Waals surface area (Å²) in [5.41, 5.74) is 0. The molecule has 0 radical (unpaired) electrons. The molecule has 0 spiro atoms. The van der Waals surface area contributed by atoms with Crippen LogP contribution in [-0.4, -0.2) is 29.1 Å². The van der Waals surface area contributed by atoms with E-state index in [0.717, 1.165) is 0 Å². The molecule has 1 rings (SSSR count). The molecule has 2 nitrogen and oxygen atoms in total. The molecule has 0 fully saturated rings. The molecule has 0 N–H and O–H groups in total. The van der Waals surface area contributed by atoms with Crippen LogP contribution in [0.1, 0.15) is 117 Å². The van der Waals surface area contributed by atoms with E-state index in [4.69, 9.17) is 0 Å². The van der Waals surface area contributed by atoms with E-state index in [2.05, 4.69) is 43.0 Å². The summed E-state index contributed by atoms with van der Waals surface area (Å²) in [5.74, 6) is 0. The first kappa shape index (κ1) is 22.4. The van der Waals surface area contributed by atoms with E-state index in [1.807, 2.05) is 0 Å². The molecular weight excluding hydrogens is 304 g/mol. The van der Waals surface area contributed by atoms with E-state index < -0.39 is 0 Å². The third-order valence-corrected chi connectivity index (χ3v) is 5.57. The summed E-state index contributed by atoms with van der Waals surface area (Å²) in [7, 11) is 0.